The molecule has 122 valence electrons. The van der Waals surface area contributed by atoms with Crippen LogP contribution in [0.3, 0.4) is 0 Å². The molecule has 0 aromatic heterocycles. The summed E-state index contributed by atoms with van der Waals surface area (Å²) in [7, 11) is 1.38. The number of ether oxygens (including phenoxy) is 3. The van der Waals surface area contributed by atoms with Crippen molar-refractivity contribution in [3.8, 4) is 11.5 Å². The van der Waals surface area contributed by atoms with Crippen molar-refractivity contribution in [1.29, 1.82) is 0 Å². The summed E-state index contributed by atoms with van der Waals surface area (Å²) >= 11 is 0. The van der Waals surface area contributed by atoms with Crippen molar-refractivity contribution >= 4 is 6.29 Å². The second kappa shape index (κ2) is 7.03. The third-order valence-corrected chi connectivity index (χ3v) is 3.42. The number of carbonyl (C=O) groups is 1. The van der Waals surface area contributed by atoms with Crippen molar-refractivity contribution in [2.45, 2.75) is 30.7 Å². The fourth-order valence-corrected chi connectivity index (χ4v) is 2.14. The normalized spacial score (nSPS) is 31.6. The van der Waals surface area contributed by atoms with E-state index in [4.69, 9.17) is 19.3 Å². The van der Waals surface area contributed by atoms with Gasteiger partial charge in [0.2, 0.25) is 6.29 Å². The molecule has 0 spiro atoms. The van der Waals surface area contributed by atoms with Crippen molar-refractivity contribution in [3.05, 3.63) is 23.8 Å². The number of hydrogen-bond acceptors (Lipinski definition) is 8. The lowest BCUT2D eigenvalue weighted by Crippen LogP contribution is -2.60. The largest absolute Gasteiger partial charge is 0.493 e. The van der Waals surface area contributed by atoms with Gasteiger partial charge in [-0.1, -0.05) is 0 Å². The van der Waals surface area contributed by atoms with E-state index < -0.39 is 37.3 Å². The highest BCUT2D eigenvalue weighted by Gasteiger charge is 2.44. The molecule has 1 aliphatic rings. The molecule has 1 aromatic carbocycles. The second-order valence-corrected chi connectivity index (χ2v) is 4.84. The highest BCUT2D eigenvalue weighted by Crippen LogP contribution is 2.31. The molecule has 1 aliphatic heterocycles. The third-order valence-electron chi connectivity index (χ3n) is 3.42. The minimum Gasteiger partial charge on any atom is -0.493 e. The first-order valence-corrected chi connectivity index (χ1v) is 6.62. The number of benzene rings is 1. The van der Waals surface area contributed by atoms with E-state index in [1.807, 2.05) is 0 Å². The first kappa shape index (κ1) is 16.7. The molecule has 4 N–H and O–H groups in total. The van der Waals surface area contributed by atoms with E-state index in [1.54, 1.807) is 0 Å². The van der Waals surface area contributed by atoms with Crippen LogP contribution in [0.5, 0.6) is 11.5 Å². The van der Waals surface area contributed by atoms with Gasteiger partial charge in [-0.2, -0.15) is 0 Å². The Kier molecular flexibility index (Phi) is 5.33. The van der Waals surface area contributed by atoms with Crippen molar-refractivity contribution in [2.75, 3.05) is 13.7 Å². The summed E-state index contributed by atoms with van der Waals surface area (Å²) in [4.78, 5) is 10.7. The van der Waals surface area contributed by atoms with E-state index in [2.05, 4.69) is 0 Å². The molecule has 1 fully saturated rings. The number of hydrogen-bond donors (Lipinski definition) is 4. The first-order valence-electron chi connectivity index (χ1n) is 6.62. The lowest BCUT2D eigenvalue weighted by Gasteiger charge is -2.39. The Morgan fingerprint density at radius 1 is 1.18 bits per heavy atom. The van der Waals surface area contributed by atoms with E-state index in [-0.39, 0.29) is 11.5 Å². The molecule has 1 heterocycles. The molecule has 0 radical (unpaired) electrons. The maximum Gasteiger partial charge on any atom is 0.229 e. The van der Waals surface area contributed by atoms with Crippen molar-refractivity contribution in [3.63, 3.8) is 0 Å². The molecule has 0 unspecified atom stereocenters. The van der Waals surface area contributed by atoms with Crippen LogP contribution in [0, 0.1) is 0 Å². The molecular formula is C14H18O8. The van der Waals surface area contributed by atoms with Crippen molar-refractivity contribution in [1.82, 2.24) is 0 Å². The third kappa shape index (κ3) is 3.21. The van der Waals surface area contributed by atoms with E-state index in [9.17, 15) is 20.1 Å². The van der Waals surface area contributed by atoms with Crippen LogP contribution in [0.4, 0.5) is 0 Å². The molecule has 8 nitrogen and oxygen atoms in total. The molecule has 2 rings (SSSR count). The van der Waals surface area contributed by atoms with Gasteiger partial charge in [0.15, 0.2) is 11.5 Å². The smallest absolute Gasteiger partial charge is 0.229 e. The van der Waals surface area contributed by atoms with Gasteiger partial charge in [-0.05, 0) is 18.2 Å². The fourth-order valence-electron chi connectivity index (χ4n) is 2.14. The molecule has 0 aliphatic carbocycles. The number of carbonyl (C=O) groups excluding carboxylic acids is 1. The lowest BCUT2D eigenvalue weighted by molar-refractivity contribution is -0.277. The standard InChI is InChI=1S/C14H18O8/c1-20-9-4-7(5-15)2-3-8(9)21-14-13(19)12(18)11(17)10(6-16)22-14/h2-5,10-14,16-19H,6H2,1H3/t10-,11+,12+,13-,14+/m1/s1. The summed E-state index contributed by atoms with van der Waals surface area (Å²) in [6.07, 6.45) is -6.25. The minimum atomic E-state index is -1.53. The monoisotopic (exact) mass is 314 g/mol. The van der Waals surface area contributed by atoms with Crippen molar-refractivity contribution < 1.29 is 39.4 Å². The van der Waals surface area contributed by atoms with Crippen LogP contribution in [0.2, 0.25) is 0 Å². The molecule has 0 amide bonds. The van der Waals surface area contributed by atoms with Crippen LogP contribution in [0.25, 0.3) is 0 Å². The van der Waals surface area contributed by atoms with Gasteiger partial charge in [0, 0.05) is 5.56 Å². The van der Waals surface area contributed by atoms with Crippen LogP contribution >= 0.6 is 0 Å². The van der Waals surface area contributed by atoms with E-state index in [1.165, 1.54) is 25.3 Å². The van der Waals surface area contributed by atoms with Gasteiger partial charge >= 0.3 is 0 Å². The van der Waals surface area contributed by atoms with Gasteiger partial charge in [-0.3, -0.25) is 4.79 Å². The zero-order chi connectivity index (χ0) is 16.3. The number of rotatable bonds is 5. The Balaban J connectivity index is 2.20. The zero-order valence-corrected chi connectivity index (χ0v) is 11.8. The molecule has 22 heavy (non-hydrogen) atoms. The van der Waals surface area contributed by atoms with E-state index in [0.717, 1.165) is 0 Å². The summed E-state index contributed by atoms with van der Waals surface area (Å²) in [6, 6.07) is 4.37. The quantitative estimate of drug-likeness (QED) is 0.493. The number of aliphatic hydroxyl groups excluding tert-OH is 4. The maximum absolute atomic E-state index is 10.7. The summed E-state index contributed by atoms with van der Waals surface area (Å²) in [5.74, 6) is 0.416. The Labute approximate surface area is 126 Å². The summed E-state index contributed by atoms with van der Waals surface area (Å²) in [6.45, 7) is -0.550. The molecule has 1 aromatic rings. The van der Waals surface area contributed by atoms with Gasteiger partial charge < -0.3 is 34.6 Å². The summed E-state index contributed by atoms with van der Waals surface area (Å²) in [5, 5.41) is 38.4. The first-order chi connectivity index (χ1) is 10.5. The van der Waals surface area contributed by atoms with Gasteiger partial charge in [-0.15, -0.1) is 0 Å². The van der Waals surface area contributed by atoms with Crippen LogP contribution < -0.4 is 9.47 Å². The van der Waals surface area contributed by atoms with Gasteiger partial charge in [0.25, 0.3) is 0 Å². The van der Waals surface area contributed by atoms with Crippen LogP contribution in [0.1, 0.15) is 10.4 Å². The highest BCUT2D eigenvalue weighted by atomic mass is 16.7. The lowest BCUT2D eigenvalue weighted by atomic mass is 9.99. The highest BCUT2D eigenvalue weighted by molar-refractivity contribution is 5.76. The topological polar surface area (TPSA) is 126 Å². The van der Waals surface area contributed by atoms with Crippen LogP contribution in [-0.2, 0) is 4.74 Å². The average molecular weight is 314 g/mol. The summed E-state index contributed by atoms with van der Waals surface area (Å²) in [5.41, 5.74) is 0.373. The number of aliphatic hydroxyl groups is 4. The molecular weight excluding hydrogens is 296 g/mol. The number of methoxy groups -OCH3 is 1. The zero-order valence-electron chi connectivity index (χ0n) is 11.8. The van der Waals surface area contributed by atoms with Crippen molar-refractivity contribution in [2.24, 2.45) is 0 Å². The molecule has 0 saturated carbocycles. The fraction of sp³-hybridized carbons (Fsp3) is 0.500. The number of aldehydes is 1. The Morgan fingerprint density at radius 3 is 2.50 bits per heavy atom. The van der Waals surface area contributed by atoms with Gasteiger partial charge in [-0.25, -0.2) is 0 Å². The molecule has 0 bridgehead atoms. The van der Waals surface area contributed by atoms with Crippen LogP contribution in [-0.4, -0.2) is 71.1 Å². The average Bonchev–Trinajstić information content (AvgIpc) is 2.55. The van der Waals surface area contributed by atoms with E-state index >= 15 is 0 Å². The minimum absolute atomic E-state index is 0.178. The predicted octanol–water partition coefficient (Wildman–Crippen LogP) is -1.31. The second-order valence-electron chi connectivity index (χ2n) is 4.84. The Bertz CT molecular complexity index is 518. The maximum atomic E-state index is 10.7. The summed E-state index contributed by atoms with van der Waals surface area (Å²) < 4.78 is 15.8. The Morgan fingerprint density at radius 2 is 1.91 bits per heavy atom. The molecule has 8 heteroatoms. The van der Waals surface area contributed by atoms with E-state index in [0.29, 0.717) is 11.8 Å². The predicted molar refractivity (Wildman–Crippen MR) is 72.8 cm³/mol. The molecule has 1 saturated heterocycles. The SMILES string of the molecule is COc1cc(C=O)ccc1O[C@H]1O[C@H](CO)[C@H](O)[C@H](O)[C@H]1O. The Hall–Kier alpha value is -1.71. The van der Waals surface area contributed by atoms with Crippen LogP contribution in [0.15, 0.2) is 18.2 Å². The van der Waals surface area contributed by atoms with Gasteiger partial charge in [0.05, 0.1) is 13.7 Å². The van der Waals surface area contributed by atoms with Gasteiger partial charge in [0.1, 0.15) is 30.7 Å². The molecule has 5 atom stereocenters.